The van der Waals surface area contributed by atoms with Crippen LogP contribution in [0.3, 0.4) is 0 Å². The van der Waals surface area contributed by atoms with Gasteiger partial charge in [0.05, 0.1) is 0 Å². The summed E-state index contributed by atoms with van der Waals surface area (Å²) in [5.41, 5.74) is 4.75. The van der Waals surface area contributed by atoms with Gasteiger partial charge >= 0.3 is 0 Å². The van der Waals surface area contributed by atoms with Crippen LogP contribution in [0.4, 0.5) is 11.4 Å². The Bertz CT molecular complexity index is 607. The van der Waals surface area contributed by atoms with Crippen LogP contribution >= 0.6 is 0 Å². The zero-order chi connectivity index (χ0) is 16.8. The van der Waals surface area contributed by atoms with Crippen LogP contribution in [0.1, 0.15) is 32.3 Å². The van der Waals surface area contributed by atoms with Crippen LogP contribution in [0.2, 0.25) is 0 Å². The Balaban J connectivity index is 2.10. The lowest BCUT2D eigenvalue weighted by Crippen LogP contribution is -2.23. The first-order chi connectivity index (χ1) is 11.0. The molecule has 23 heavy (non-hydrogen) atoms. The third-order valence-electron chi connectivity index (χ3n) is 3.99. The maximum atomic E-state index is 11.8. The number of anilines is 2. The molecule has 0 aliphatic carbocycles. The van der Waals surface area contributed by atoms with Crippen molar-refractivity contribution in [2.24, 2.45) is 0 Å². The number of hydrogen-bond donors (Lipinski definition) is 1. The van der Waals surface area contributed by atoms with Crippen LogP contribution in [0.5, 0.6) is 0 Å². The smallest absolute Gasteiger partial charge is 0.224 e. The summed E-state index contributed by atoms with van der Waals surface area (Å²) in [6.45, 7) is 9.81. The first kappa shape index (κ1) is 17.1. The van der Waals surface area contributed by atoms with Crippen LogP contribution in [-0.4, -0.2) is 30.9 Å². The van der Waals surface area contributed by atoms with Crippen molar-refractivity contribution in [3.8, 4) is 0 Å². The van der Waals surface area contributed by atoms with Crippen molar-refractivity contribution in [2.45, 2.75) is 33.1 Å². The van der Waals surface area contributed by atoms with Gasteiger partial charge in [0.1, 0.15) is 0 Å². The number of rotatable bonds is 7. The number of carbonyl (C=O) groups excluding carboxylic acids is 1. The summed E-state index contributed by atoms with van der Waals surface area (Å²) in [5, 5.41) is 2.99. The Morgan fingerprint density at radius 2 is 2.26 bits per heavy atom. The highest BCUT2D eigenvalue weighted by atomic mass is 16.1. The van der Waals surface area contributed by atoms with Gasteiger partial charge in [0.2, 0.25) is 5.91 Å². The molecular weight excluding hydrogens is 286 g/mol. The summed E-state index contributed by atoms with van der Waals surface area (Å²) in [5.74, 6) is 0.0840. The van der Waals surface area contributed by atoms with Crippen LogP contribution in [0.15, 0.2) is 42.8 Å². The fraction of sp³-hybridized carbons (Fsp3) is 0.421. The first-order valence-electron chi connectivity index (χ1n) is 8.23. The fourth-order valence-electron chi connectivity index (χ4n) is 2.88. The maximum absolute atomic E-state index is 11.8. The van der Waals surface area contributed by atoms with Gasteiger partial charge in [-0.25, -0.2) is 0 Å². The number of nitrogens with zero attached hydrogens (tertiary/aromatic N) is 2. The molecule has 0 unspecified atom stereocenters. The number of hydrogen-bond acceptors (Lipinski definition) is 3. The second-order valence-corrected chi connectivity index (χ2v) is 6.14. The monoisotopic (exact) mass is 313 g/mol. The minimum atomic E-state index is 0.0840. The lowest BCUT2D eigenvalue weighted by molar-refractivity contribution is -0.116. The molecule has 1 aliphatic rings. The molecule has 0 bridgehead atoms. The summed E-state index contributed by atoms with van der Waals surface area (Å²) in [4.78, 5) is 16.1. The SMILES string of the molecule is C=CN(C)/C=C(\C)CN1CCc2ccc(NC(=O)CCC)cc21. The third kappa shape index (κ3) is 4.62. The van der Waals surface area contributed by atoms with Crippen molar-refractivity contribution in [1.82, 2.24) is 4.90 Å². The molecule has 0 saturated carbocycles. The van der Waals surface area contributed by atoms with E-state index in [0.717, 1.165) is 31.6 Å². The van der Waals surface area contributed by atoms with E-state index in [1.807, 2.05) is 24.9 Å². The molecular formula is C19H27N3O. The average molecular weight is 313 g/mol. The second kappa shape index (κ2) is 7.86. The minimum absolute atomic E-state index is 0.0840. The largest absolute Gasteiger partial charge is 0.367 e. The average Bonchev–Trinajstić information content (AvgIpc) is 2.89. The number of fused-ring (bicyclic) bond motifs is 1. The third-order valence-corrected chi connectivity index (χ3v) is 3.99. The van der Waals surface area contributed by atoms with Gasteiger partial charge < -0.3 is 15.1 Å². The Morgan fingerprint density at radius 3 is 2.96 bits per heavy atom. The van der Waals surface area contributed by atoms with Gasteiger partial charge in [0.15, 0.2) is 0 Å². The molecule has 0 fully saturated rings. The van der Waals surface area contributed by atoms with E-state index < -0.39 is 0 Å². The predicted molar refractivity (Wildman–Crippen MR) is 97.6 cm³/mol. The number of benzene rings is 1. The number of carbonyl (C=O) groups is 1. The molecule has 1 heterocycles. The highest BCUT2D eigenvalue weighted by Gasteiger charge is 2.19. The van der Waals surface area contributed by atoms with Crippen molar-refractivity contribution in [2.75, 3.05) is 30.4 Å². The molecule has 1 aromatic carbocycles. The number of nitrogens with one attached hydrogen (secondary N) is 1. The highest BCUT2D eigenvalue weighted by Crippen LogP contribution is 2.31. The lowest BCUT2D eigenvalue weighted by Gasteiger charge is -2.21. The summed E-state index contributed by atoms with van der Waals surface area (Å²) in [6, 6.07) is 6.23. The summed E-state index contributed by atoms with van der Waals surface area (Å²) >= 11 is 0. The molecule has 4 nitrogen and oxygen atoms in total. The van der Waals surface area contributed by atoms with E-state index in [1.54, 1.807) is 6.20 Å². The van der Waals surface area contributed by atoms with Gasteiger partial charge in [-0.3, -0.25) is 4.79 Å². The van der Waals surface area contributed by atoms with Gasteiger partial charge in [0.25, 0.3) is 0 Å². The van der Waals surface area contributed by atoms with E-state index in [1.165, 1.54) is 16.8 Å². The maximum Gasteiger partial charge on any atom is 0.224 e. The molecule has 0 spiro atoms. The van der Waals surface area contributed by atoms with Crippen molar-refractivity contribution in [3.05, 3.63) is 48.3 Å². The Labute approximate surface area is 139 Å². The van der Waals surface area contributed by atoms with E-state index in [-0.39, 0.29) is 5.91 Å². The van der Waals surface area contributed by atoms with Crippen molar-refractivity contribution in [1.29, 1.82) is 0 Å². The lowest BCUT2D eigenvalue weighted by atomic mass is 10.1. The van der Waals surface area contributed by atoms with Crippen LogP contribution in [0, 0.1) is 0 Å². The Kier molecular flexibility index (Phi) is 5.85. The molecule has 1 aliphatic heterocycles. The van der Waals surface area contributed by atoms with E-state index in [4.69, 9.17) is 0 Å². The molecule has 0 radical (unpaired) electrons. The number of amides is 1. The van der Waals surface area contributed by atoms with Crippen LogP contribution < -0.4 is 10.2 Å². The van der Waals surface area contributed by atoms with E-state index in [2.05, 4.69) is 42.1 Å². The zero-order valence-electron chi connectivity index (χ0n) is 14.4. The summed E-state index contributed by atoms with van der Waals surface area (Å²) < 4.78 is 0. The van der Waals surface area contributed by atoms with Crippen molar-refractivity contribution < 1.29 is 4.79 Å². The van der Waals surface area contributed by atoms with Gasteiger partial charge in [-0.15, -0.1) is 0 Å². The summed E-state index contributed by atoms with van der Waals surface area (Å²) in [7, 11) is 1.98. The standard InChI is InChI=1S/C19H27N3O/c1-5-7-19(23)20-17-9-8-16-10-11-22(18(16)12-17)14-15(3)13-21(4)6-2/h6,8-9,12-13H,2,5,7,10-11,14H2,1,3-4H3,(H,20,23)/b15-13+. The molecule has 4 heteroatoms. The molecule has 2 rings (SSSR count). The molecule has 1 aromatic rings. The predicted octanol–water partition coefficient (Wildman–Crippen LogP) is 3.77. The molecule has 0 saturated heterocycles. The van der Waals surface area contributed by atoms with E-state index in [9.17, 15) is 4.79 Å². The van der Waals surface area contributed by atoms with E-state index in [0.29, 0.717) is 6.42 Å². The van der Waals surface area contributed by atoms with Gasteiger partial charge in [-0.2, -0.15) is 0 Å². The van der Waals surface area contributed by atoms with Crippen molar-refractivity contribution in [3.63, 3.8) is 0 Å². The van der Waals surface area contributed by atoms with Crippen molar-refractivity contribution >= 4 is 17.3 Å². The minimum Gasteiger partial charge on any atom is -0.367 e. The molecule has 1 N–H and O–H groups in total. The Hall–Kier alpha value is -2.23. The molecule has 0 aromatic heterocycles. The van der Waals surface area contributed by atoms with E-state index >= 15 is 0 Å². The normalized spacial score (nSPS) is 13.7. The Morgan fingerprint density at radius 1 is 1.48 bits per heavy atom. The first-order valence-corrected chi connectivity index (χ1v) is 8.23. The molecule has 1 amide bonds. The quantitative estimate of drug-likeness (QED) is 0.832. The van der Waals surface area contributed by atoms with Crippen LogP contribution in [0.25, 0.3) is 0 Å². The van der Waals surface area contributed by atoms with Crippen LogP contribution in [-0.2, 0) is 11.2 Å². The molecule has 0 atom stereocenters. The second-order valence-electron chi connectivity index (χ2n) is 6.14. The zero-order valence-corrected chi connectivity index (χ0v) is 14.4. The molecule has 124 valence electrons. The highest BCUT2D eigenvalue weighted by molar-refractivity contribution is 5.91. The van der Waals surface area contributed by atoms with Gasteiger partial charge in [0, 0.05) is 44.1 Å². The van der Waals surface area contributed by atoms with Gasteiger partial charge in [-0.1, -0.05) is 19.6 Å². The summed E-state index contributed by atoms with van der Waals surface area (Å²) in [6.07, 6.45) is 6.38. The topological polar surface area (TPSA) is 35.6 Å². The van der Waals surface area contributed by atoms with Gasteiger partial charge in [-0.05, 0) is 49.2 Å². The fourth-order valence-corrected chi connectivity index (χ4v) is 2.88.